The van der Waals surface area contributed by atoms with Gasteiger partial charge in [0, 0.05) is 17.3 Å². The lowest BCUT2D eigenvalue weighted by atomic mass is 10.1. The van der Waals surface area contributed by atoms with Gasteiger partial charge in [0.15, 0.2) is 0 Å². The summed E-state index contributed by atoms with van der Waals surface area (Å²) in [6.45, 7) is 2.50. The van der Waals surface area contributed by atoms with E-state index in [4.69, 9.17) is 16.3 Å². The minimum Gasteiger partial charge on any atom is -0.494 e. The maximum Gasteiger partial charge on any atom is 0.256 e. The Morgan fingerprint density at radius 3 is 2.54 bits per heavy atom. The second-order valence-electron chi connectivity index (χ2n) is 6.16. The van der Waals surface area contributed by atoms with Crippen LogP contribution in [0.4, 0.5) is 5.82 Å². The highest BCUT2D eigenvalue weighted by Gasteiger charge is 2.17. The number of nitrogens with zero attached hydrogens (tertiary/aromatic N) is 2. The fourth-order valence-electron chi connectivity index (χ4n) is 2.98. The molecule has 140 valence electrons. The van der Waals surface area contributed by atoms with Gasteiger partial charge in [0.25, 0.3) is 5.91 Å². The Hall–Kier alpha value is -3.31. The number of rotatable bonds is 5. The van der Waals surface area contributed by atoms with E-state index in [0.717, 1.165) is 11.3 Å². The molecule has 2 heterocycles. The standard InChI is InChI=1S/C22H18ClN3O2/c1-2-28-18-11-8-16(9-12-18)22(27)25-21-20(15-6-4-3-5-7-15)24-19-13-10-17(23)14-26(19)21/h3-14H,2H2,1H3,(H,25,27). The van der Waals surface area contributed by atoms with Gasteiger partial charge in [-0.2, -0.15) is 0 Å². The number of ether oxygens (including phenoxy) is 1. The molecular formula is C22H18ClN3O2. The summed E-state index contributed by atoms with van der Waals surface area (Å²) in [5.41, 5.74) is 2.82. The van der Waals surface area contributed by atoms with Gasteiger partial charge in [-0.3, -0.25) is 9.20 Å². The van der Waals surface area contributed by atoms with Gasteiger partial charge in [-0.1, -0.05) is 41.9 Å². The largest absolute Gasteiger partial charge is 0.494 e. The molecule has 5 nitrogen and oxygen atoms in total. The minimum atomic E-state index is -0.234. The molecule has 0 unspecified atom stereocenters. The van der Waals surface area contributed by atoms with Crippen LogP contribution in [0.1, 0.15) is 17.3 Å². The first kappa shape index (κ1) is 18.1. The lowest BCUT2D eigenvalue weighted by molar-refractivity contribution is 0.102. The number of anilines is 1. The zero-order valence-electron chi connectivity index (χ0n) is 15.2. The van der Waals surface area contributed by atoms with Crippen LogP contribution in [0, 0.1) is 0 Å². The Morgan fingerprint density at radius 1 is 1.07 bits per heavy atom. The number of carbonyl (C=O) groups is 1. The SMILES string of the molecule is CCOc1ccc(C(=O)Nc2c(-c3ccccc3)nc3ccc(Cl)cn23)cc1. The van der Waals surface area contributed by atoms with E-state index in [1.54, 1.807) is 40.9 Å². The van der Waals surface area contributed by atoms with Crippen molar-refractivity contribution < 1.29 is 9.53 Å². The molecule has 0 saturated carbocycles. The number of hydrogen-bond acceptors (Lipinski definition) is 3. The molecule has 0 saturated heterocycles. The first-order valence-electron chi connectivity index (χ1n) is 8.93. The van der Waals surface area contributed by atoms with Crippen LogP contribution in [0.5, 0.6) is 5.75 Å². The maximum absolute atomic E-state index is 12.9. The van der Waals surface area contributed by atoms with Crippen LogP contribution >= 0.6 is 11.6 Å². The van der Waals surface area contributed by atoms with Crippen LogP contribution in [-0.2, 0) is 0 Å². The Balaban J connectivity index is 1.74. The Kier molecular flexibility index (Phi) is 5.00. The van der Waals surface area contributed by atoms with Gasteiger partial charge in [0.2, 0.25) is 0 Å². The smallest absolute Gasteiger partial charge is 0.256 e. The summed E-state index contributed by atoms with van der Waals surface area (Å²) in [5.74, 6) is 1.06. The molecule has 2 aromatic carbocycles. The van der Waals surface area contributed by atoms with E-state index < -0.39 is 0 Å². The number of halogens is 1. The molecule has 1 amide bonds. The van der Waals surface area contributed by atoms with Crippen molar-refractivity contribution in [2.45, 2.75) is 6.92 Å². The fraction of sp³-hybridized carbons (Fsp3) is 0.0909. The molecular weight excluding hydrogens is 374 g/mol. The number of carbonyl (C=O) groups excluding carboxylic acids is 1. The van der Waals surface area contributed by atoms with Crippen molar-refractivity contribution in [3.63, 3.8) is 0 Å². The van der Waals surface area contributed by atoms with Crippen LogP contribution in [-0.4, -0.2) is 21.9 Å². The summed E-state index contributed by atoms with van der Waals surface area (Å²) in [4.78, 5) is 17.5. The second kappa shape index (κ2) is 7.74. The molecule has 2 aromatic heterocycles. The third-order valence-electron chi connectivity index (χ3n) is 4.29. The van der Waals surface area contributed by atoms with Crippen molar-refractivity contribution in [3.8, 4) is 17.0 Å². The average Bonchev–Trinajstić information content (AvgIpc) is 3.07. The molecule has 4 aromatic rings. The summed E-state index contributed by atoms with van der Waals surface area (Å²) in [6, 6.07) is 20.3. The van der Waals surface area contributed by atoms with Crippen LogP contribution in [0.3, 0.4) is 0 Å². The number of aromatic nitrogens is 2. The molecule has 0 fully saturated rings. The first-order chi connectivity index (χ1) is 13.7. The molecule has 0 atom stereocenters. The summed E-state index contributed by atoms with van der Waals surface area (Å²) in [7, 11) is 0. The maximum atomic E-state index is 12.9. The number of amides is 1. The molecule has 0 aliphatic rings. The van der Waals surface area contributed by atoms with E-state index in [1.807, 2.05) is 43.3 Å². The van der Waals surface area contributed by atoms with Crippen molar-refractivity contribution >= 4 is 29.0 Å². The van der Waals surface area contributed by atoms with E-state index >= 15 is 0 Å². The molecule has 6 heteroatoms. The van der Waals surface area contributed by atoms with Crippen LogP contribution in [0.2, 0.25) is 5.02 Å². The zero-order valence-corrected chi connectivity index (χ0v) is 16.0. The quantitative estimate of drug-likeness (QED) is 0.501. The molecule has 4 rings (SSSR count). The van der Waals surface area contributed by atoms with Gasteiger partial charge in [-0.15, -0.1) is 0 Å². The molecule has 28 heavy (non-hydrogen) atoms. The minimum absolute atomic E-state index is 0.234. The van der Waals surface area contributed by atoms with E-state index in [2.05, 4.69) is 10.3 Å². The van der Waals surface area contributed by atoms with E-state index in [0.29, 0.717) is 34.4 Å². The van der Waals surface area contributed by atoms with E-state index in [1.165, 1.54) is 0 Å². The summed E-state index contributed by atoms with van der Waals surface area (Å²) in [6.07, 6.45) is 1.74. The van der Waals surface area contributed by atoms with Gasteiger partial charge >= 0.3 is 0 Å². The molecule has 1 N–H and O–H groups in total. The van der Waals surface area contributed by atoms with Crippen molar-refractivity contribution in [1.29, 1.82) is 0 Å². The van der Waals surface area contributed by atoms with Crippen molar-refractivity contribution in [3.05, 3.63) is 83.5 Å². The highest BCUT2D eigenvalue weighted by Crippen LogP contribution is 2.30. The van der Waals surface area contributed by atoms with Crippen molar-refractivity contribution in [1.82, 2.24) is 9.38 Å². The molecule has 0 aliphatic heterocycles. The Morgan fingerprint density at radius 2 is 1.82 bits per heavy atom. The van der Waals surface area contributed by atoms with E-state index in [9.17, 15) is 4.79 Å². The first-order valence-corrected chi connectivity index (χ1v) is 9.31. The molecule has 0 radical (unpaired) electrons. The topological polar surface area (TPSA) is 55.6 Å². The van der Waals surface area contributed by atoms with Crippen molar-refractivity contribution in [2.24, 2.45) is 0 Å². The van der Waals surface area contributed by atoms with Gasteiger partial charge in [-0.25, -0.2) is 4.98 Å². The highest BCUT2D eigenvalue weighted by atomic mass is 35.5. The number of pyridine rings is 1. The number of fused-ring (bicyclic) bond motifs is 1. The average molecular weight is 392 g/mol. The molecule has 0 aliphatic carbocycles. The fourth-order valence-corrected chi connectivity index (χ4v) is 3.14. The van der Waals surface area contributed by atoms with Gasteiger partial charge in [0.1, 0.15) is 22.9 Å². The normalized spacial score (nSPS) is 10.8. The predicted octanol–water partition coefficient (Wildman–Crippen LogP) is 5.31. The van der Waals surface area contributed by atoms with Gasteiger partial charge in [0.05, 0.1) is 11.6 Å². The zero-order chi connectivity index (χ0) is 19.5. The third kappa shape index (κ3) is 3.57. The van der Waals surface area contributed by atoms with Gasteiger partial charge < -0.3 is 10.1 Å². The predicted molar refractivity (Wildman–Crippen MR) is 111 cm³/mol. The second-order valence-corrected chi connectivity index (χ2v) is 6.60. The Bertz CT molecular complexity index is 1120. The molecule has 0 bridgehead atoms. The van der Waals surface area contributed by atoms with Crippen LogP contribution in [0.15, 0.2) is 72.9 Å². The van der Waals surface area contributed by atoms with Gasteiger partial charge in [-0.05, 0) is 43.3 Å². The molecule has 0 spiro atoms. The van der Waals surface area contributed by atoms with E-state index in [-0.39, 0.29) is 5.91 Å². The summed E-state index contributed by atoms with van der Waals surface area (Å²) >= 11 is 6.17. The third-order valence-corrected chi connectivity index (χ3v) is 4.51. The lowest BCUT2D eigenvalue weighted by Gasteiger charge is -2.09. The number of nitrogens with one attached hydrogen (secondary N) is 1. The number of benzene rings is 2. The summed E-state index contributed by atoms with van der Waals surface area (Å²) in [5, 5.41) is 3.55. The monoisotopic (exact) mass is 391 g/mol. The highest BCUT2D eigenvalue weighted by molar-refractivity contribution is 6.30. The lowest BCUT2D eigenvalue weighted by Crippen LogP contribution is -2.14. The van der Waals surface area contributed by atoms with Crippen LogP contribution in [0.25, 0.3) is 16.9 Å². The van der Waals surface area contributed by atoms with Crippen molar-refractivity contribution in [2.75, 3.05) is 11.9 Å². The summed E-state index contributed by atoms with van der Waals surface area (Å²) < 4.78 is 7.22. The number of hydrogen-bond donors (Lipinski definition) is 1. The van der Waals surface area contributed by atoms with Crippen LogP contribution < -0.4 is 10.1 Å². The number of imidazole rings is 1. The Labute approximate surface area is 167 Å².